The molecule has 0 aliphatic carbocycles. The van der Waals surface area contributed by atoms with E-state index in [2.05, 4.69) is 21.2 Å². The van der Waals surface area contributed by atoms with E-state index in [9.17, 15) is 9.59 Å². The third kappa shape index (κ3) is 3.30. The number of carbonyl (C=O) groups is 1. The predicted molar refractivity (Wildman–Crippen MR) is 94.3 cm³/mol. The van der Waals surface area contributed by atoms with Gasteiger partial charge in [-0.3, -0.25) is 4.79 Å². The minimum absolute atomic E-state index is 0.0510. The smallest absolute Gasteiger partial charge is 0.349 e. The molecule has 3 rings (SSSR count). The van der Waals surface area contributed by atoms with Gasteiger partial charge in [-0.1, -0.05) is 27.5 Å². The van der Waals surface area contributed by atoms with Crippen molar-refractivity contribution in [1.82, 2.24) is 0 Å². The number of hydrogen-bond acceptors (Lipinski definition) is 3. The third-order valence-corrected chi connectivity index (χ3v) is 4.10. The molecular weight excluding hydrogens is 382 g/mol. The number of hydrogen-bond donors (Lipinski definition) is 1. The Morgan fingerprint density at radius 1 is 1.17 bits per heavy atom. The van der Waals surface area contributed by atoms with E-state index in [4.69, 9.17) is 16.0 Å². The number of fused-ring (bicyclic) bond motifs is 1. The fourth-order valence-electron chi connectivity index (χ4n) is 2.21. The van der Waals surface area contributed by atoms with Crippen LogP contribution in [0.15, 0.2) is 56.1 Å². The fourth-order valence-corrected chi connectivity index (χ4v) is 2.82. The molecule has 23 heavy (non-hydrogen) atoms. The zero-order chi connectivity index (χ0) is 16.6. The highest BCUT2D eigenvalue weighted by atomic mass is 79.9. The van der Waals surface area contributed by atoms with E-state index in [1.165, 1.54) is 6.07 Å². The van der Waals surface area contributed by atoms with Gasteiger partial charge in [-0.25, -0.2) is 4.79 Å². The lowest BCUT2D eigenvalue weighted by Crippen LogP contribution is -2.21. The summed E-state index contributed by atoms with van der Waals surface area (Å²) in [6, 6.07) is 11.8. The fraction of sp³-hybridized carbons (Fsp3) is 0.0588. The summed E-state index contributed by atoms with van der Waals surface area (Å²) in [5.74, 6) is -0.522. The van der Waals surface area contributed by atoms with E-state index in [0.29, 0.717) is 21.7 Å². The molecule has 1 N–H and O–H groups in total. The maximum absolute atomic E-state index is 12.4. The zero-order valence-corrected chi connectivity index (χ0v) is 14.4. The molecule has 0 unspecified atom stereocenters. The molecule has 1 heterocycles. The summed E-state index contributed by atoms with van der Waals surface area (Å²) in [5, 5.41) is 3.95. The summed E-state index contributed by atoms with van der Waals surface area (Å²) in [6.45, 7) is 1.82. The standard InChI is InChI=1S/C17H11BrClNO3/c1-9-6-12(19)3-4-14(9)20-16(21)13-8-10-7-11(18)2-5-15(10)23-17(13)22/h2-8H,1H3,(H,20,21). The number of halogens is 2. The monoisotopic (exact) mass is 391 g/mol. The highest BCUT2D eigenvalue weighted by molar-refractivity contribution is 9.10. The first-order chi connectivity index (χ1) is 10.9. The van der Waals surface area contributed by atoms with Crippen LogP contribution in [0.4, 0.5) is 5.69 Å². The van der Waals surface area contributed by atoms with Crippen molar-refractivity contribution in [2.24, 2.45) is 0 Å². The first-order valence-electron chi connectivity index (χ1n) is 6.75. The van der Waals surface area contributed by atoms with Crippen LogP contribution in [0.5, 0.6) is 0 Å². The third-order valence-electron chi connectivity index (χ3n) is 3.38. The molecule has 0 saturated heterocycles. The summed E-state index contributed by atoms with van der Waals surface area (Å²) < 4.78 is 6.03. The van der Waals surface area contributed by atoms with E-state index in [1.807, 2.05) is 6.92 Å². The number of rotatable bonds is 2. The maximum atomic E-state index is 12.4. The second kappa shape index (κ2) is 6.18. The van der Waals surface area contributed by atoms with E-state index >= 15 is 0 Å². The Hall–Kier alpha value is -2.11. The molecule has 1 amide bonds. The Morgan fingerprint density at radius 2 is 1.96 bits per heavy atom. The molecule has 0 bridgehead atoms. The van der Waals surface area contributed by atoms with Crippen molar-refractivity contribution < 1.29 is 9.21 Å². The van der Waals surface area contributed by atoms with Crippen LogP contribution in [-0.4, -0.2) is 5.91 Å². The molecule has 0 radical (unpaired) electrons. The Kier molecular flexibility index (Phi) is 4.24. The molecule has 0 atom stereocenters. The number of amides is 1. The van der Waals surface area contributed by atoms with Crippen LogP contribution in [0, 0.1) is 6.92 Å². The molecule has 116 valence electrons. The molecule has 0 aliphatic rings. The molecule has 0 aliphatic heterocycles. The van der Waals surface area contributed by atoms with Gasteiger partial charge < -0.3 is 9.73 Å². The summed E-state index contributed by atoms with van der Waals surface area (Å²) in [4.78, 5) is 24.4. The van der Waals surface area contributed by atoms with Gasteiger partial charge in [-0.2, -0.15) is 0 Å². The molecule has 2 aromatic carbocycles. The van der Waals surface area contributed by atoms with Gasteiger partial charge in [-0.15, -0.1) is 0 Å². The van der Waals surface area contributed by atoms with Gasteiger partial charge in [0.25, 0.3) is 5.91 Å². The summed E-state index contributed by atoms with van der Waals surface area (Å²) in [7, 11) is 0. The van der Waals surface area contributed by atoms with Crippen molar-refractivity contribution in [3.05, 3.63) is 73.5 Å². The summed E-state index contributed by atoms with van der Waals surface area (Å²) in [5.41, 5.74) is 1.10. The summed E-state index contributed by atoms with van der Waals surface area (Å²) >= 11 is 9.24. The van der Waals surface area contributed by atoms with Gasteiger partial charge in [0, 0.05) is 20.6 Å². The van der Waals surface area contributed by atoms with E-state index < -0.39 is 11.5 Å². The molecule has 3 aromatic rings. The van der Waals surface area contributed by atoms with Crippen LogP contribution in [0.25, 0.3) is 11.0 Å². The highest BCUT2D eigenvalue weighted by Crippen LogP contribution is 2.22. The van der Waals surface area contributed by atoms with E-state index in [-0.39, 0.29) is 5.56 Å². The highest BCUT2D eigenvalue weighted by Gasteiger charge is 2.15. The number of aryl methyl sites for hydroxylation is 1. The average molecular weight is 393 g/mol. The maximum Gasteiger partial charge on any atom is 0.349 e. The quantitative estimate of drug-likeness (QED) is 0.639. The summed E-state index contributed by atoms with van der Waals surface area (Å²) in [6.07, 6.45) is 0. The normalized spacial score (nSPS) is 10.7. The van der Waals surface area contributed by atoms with Crippen molar-refractivity contribution in [1.29, 1.82) is 0 Å². The van der Waals surface area contributed by atoms with Gasteiger partial charge >= 0.3 is 5.63 Å². The van der Waals surface area contributed by atoms with Gasteiger partial charge in [0.1, 0.15) is 11.1 Å². The van der Waals surface area contributed by atoms with Crippen LogP contribution in [0.1, 0.15) is 15.9 Å². The molecule has 6 heteroatoms. The molecule has 0 spiro atoms. The van der Waals surface area contributed by atoms with Crippen molar-refractivity contribution in [2.45, 2.75) is 6.92 Å². The van der Waals surface area contributed by atoms with Gasteiger partial charge in [0.15, 0.2) is 0 Å². The van der Waals surface area contributed by atoms with Gasteiger partial charge in [-0.05, 0) is 55.0 Å². The predicted octanol–water partition coefficient (Wildman–Crippen LogP) is 4.77. The Morgan fingerprint density at radius 3 is 2.70 bits per heavy atom. The Bertz CT molecular complexity index is 981. The minimum atomic E-state index is -0.677. The molecule has 4 nitrogen and oxygen atoms in total. The molecular formula is C17H11BrClNO3. The number of nitrogens with one attached hydrogen (secondary N) is 1. The first kappa shape index (κ1) is 15.8. The van der Waals surface area contributed by atoms with Crippen LogP contribution in [-0.2, 0) is 0 Å². The largest absolute Gasteiger partial charge is 0.422 e. The van der Waals surface area contributed by atoms with Crippen molar-refractivity contribution in [2.75, 3.05) is 5.32 Å². The van der Waals surface area contributed by atoms with E-state index in [0.717, 1.165) is 10.0 Å². The van der Waals surface area contributed by atoms with Crippen molar-refractivity contribution >= 4 is 50.1 Å². The molecule has 0 saturated carbocycles. The first-order valence-corrected chi connectivity index (χ1v) is 7.92. The van der Waals surface area contributed by atoms with Crippen LogP contribution >= 0.6 is 27.5 Å². The molecule has 1 aromatic heterocycles. The Balaban J connectivity index is 2.00. The van der Waals surface area contributed by atoms with Gasteiger partial charge in [0.2, 0.25) is 0 Å². The van der Waals surface area contributed by atoms with Crippen molar-refractivity contribution in [3.8, 4) is 0 Å². The minimum Gasteiger partial charge on any atom is -0.422 e. The average Bonchev–Trinajstić information content (AvgIpc) is 2.49. The van der Waals surface area contributed by atoms with Crippen molar-refractivity contribution in [3.63, 3.8) is 0 Å². The second-order valence-electron chi connectivity index (χ2n) is 5.04. The van der Waals surface area contributed by atoms with Crippen LogP contribution in [0.2, 0.25) is 5.02 Å². The zero-order valence-electron chi connectivity index (χ0n) is 12.0. The molecule has 0 fully saturated rings. The topological polar surface area (TPSA) is 59.3 Å². The lowest BCUT2D eigenvalue weighted by molar-refractivity contribution is 0.102. The van der Waals surface area contributed by atoms with Crippen LogP contribution in [0.3, 0.4) is 0 Å². The number of benzene rings is 2. The van der Waals surface area contributed by atoms with Gasteiger partial charge in [0.05, 0.1) is 0 Å². The van der Waals surface area contributed by atoms with Crippen LogP contribution < -0.4 is 10.9 Å². The second-order valence-corrected chi connectivity index (χ2v) is 6.40. The number of carbonyl (C=O) groups excluding carboxylic acids is 1. The SMILES string of the molecule is Cc1cc(Cl)ccc1NC(=O)c1cc2cc(Br)ccc2oc1=O. The lowest BCUT2D eigenvalue weighted by atomic mass is 10.1. The Labute approximate surface area is 145 Å². The van der Waals surface area contributed by atoms with E-state index in [1.54, 1.807) is 36.4 Å². The lowest BCUT2D eigenvalue weighted by Gasteiger charge is -2.08. The number of anilines is 1.